The van der Waals surface area contributed by atoms with Crippen LogP contribution < -0.4 is 10.1 Å². The van der Waals surface area contributed by atoms with E-state index in [0.717, 1.165) is 16.8 Å². The fourth-order valence-electron chi connectivity index (χ4n) is 4.27. The van der Waals surface area contributed by atoms with E-state index in [-0.39, 0.29) is 37.9 Å². The minimum absolute atomic E-state index is 0.00954. The van der Waals surface area contributed by atoms with Gasteiger partial charge in [0.1, 0.15) is 11.4 Å². The number of rotatable bonds is 10. The molecule has 0 saturated carbocycles. The lowest BCUT2D eigenvalue weighted by atomic mass is 9.89. The summed E-state index contributed by atoms with van der Waals surface area (Å²) in [5.41, 5.74) is 2.19. The Hall–Kier alpha value is -4.14. The normalized spacial score (nSPS) is 16.7. The van der Waals surface area contributed by atoms with Crippen molar-refractivity contribution in [3.05, 3.63) is 71.9 Å². The molecule has 0 bridgehead atoms. The second-order valence-electron chi connectivity index (χ2n) is 9.17. The number of methoxy groups -OCH3 is 1. The summed E-state index contributed by atoms with van der Waals surface area (Å²) >= 11 is 0. The third-order valence-electron chi connectivity index (χ3n) is 6.09. The first kappa shape index (κ1) is 25.9. The number of esters is 1. The first-order valence-electron chi connectivity index (χ1n) is 12.3. The van der Waals surface area contributed by atoms with Crippen LogP contribution in [0.5, 0.6) is 5.75 Å². The summed E-state index contributed by atoms with van der Waals surface area (Å²) in [6, 6.07) is 18.9. The molecule has 1 aromatic heterocycles. The molecular weight excluding hydrogens is 472 g/mol. The van der Waals surface area contributed by atoms with Crippen molar-refractivity contribution in [1.82, 2.24) is 15.1 Å². The van der Waals surface area contributed by atoms with Crippen LogP contribution in [0.4, 0.5) is 0 Å². The molecule has 1 amide bonds. The third-order valence-corrected chi connectivity index (χ3v) is 6.09. The van der Waals surface area contributed by atoms with Crippen molar-refractivity contribution in [2.75, 3.05) is 20.3 Å². The van der Waals surface area contributed by atoms with Crippen LogP contribution in [0.1, 0.15) is 49.3 Å². The van der Waals surface area contributed by atoms with E-state index in [4.69, 9.17) is 14.3 Å². The van der Waals surface area contributed by atoms with E-state index < -0.39 is 11.6 Å². The minimum Gasteiger partial charge on any atom is -0.497 e. The Labute approximate surface area is 216 Å². The summed E-state index contributed by atoms with van der Waals surface area (Å²) in [5.74, 6) is -0.0969. The number of benzene rings is 2. The predicted molar refractivity (Wildman–Crippen MR) is 140 cm³/mol. The zero-order valence-corrected chi connectivity index (χ0v) is 21.6. The van der Waals surface area contributed by atoms with Gasteiger partial charge in [0.15, 0.2) is 0 Å². The van der Waals surface area contributed by atoms with Crippen LogP contribution in [0.25, 0.3) is 11.3 Å². The van der Waals surface area contributed by atoms with E-state index in [1.807, 2.05) is 68.4 Å². The van der Waals surface area contributed by atoms with Crippen molar-refractivity contribution in [3.63, 3.8) is 0 Å². The number of amides is 1. The lowest BCUT2D eigenvalue weighted by Gasteiger charge is -2.24. The average molecular weight is 505 g/mol. The highest BCUT2D eigenvalue weighted by Gasteiger charge is 2.48. The molecule has 9 nitrogen and oxygen atoms in total. The Bertz CT molecular complexity index is 1280. The van der Waals surface area contributed by atoms with Crippen molar-refractivity contribution in [3.8, 4) is 17.0 Å². The second kappa shape index (κ2) is 11.3. The lowest BCUT2D eigenvalue weighted by molar-refractivity contribution is -0.168. The summed E-state index contributed by atoms with van der Waals surface area (Å²) in [6.07, 6.45) is 0.451. The first-order valence-corrected chi connectivity index (χ1v) is 12.3. The highest BCUT2D eigenvalue weighted by molar-refractivity contribution is 6.00. The molecule has 0 fully saturated rings. The number of nitrogens with one attached hydrogen (secondary N) is 1. The van der Waals surface area contributed by atoms with Gasteiger partial charge in [-0.3, -0.25) is 9.48 Å². The van der Waals surface area contributed by atoms with Crippen molar-refractivity contribution in [2.45, 2.75) is 45.3 Å². The third kappa shape index (κ3) is 5.82. The van der Waals surface area contributed by atoms with Crippen molar-refractivity contribution >= 4 is 17.6 Å². The van der Waals surface area contributed by atoms with Crippen molar-refractivity contribution < 1.29 is 23.9 Å². The van der Waals surface area contributed by atoms with E-state index >= 15 is 0 Å². The molecule has 37 heavy (non-hydrogen) atoms. The van der Waals surface area contributed by atoms with Gasteiger partial charge in [0, 0.05) is 24.4 Å². The van der Waals surface area contributed by atoms with E-state index in [1.54, 1.807) is 24.8 Å². The van der Waals surface area contributed by atoms with Gasteiger partial charge in [-0.1, -0.05) is 47.6 Å². The quantitative estimate of drug-likeness (QED) is 0.415. The zero-order chi connectivity index (χ0) is 26.4. The van der Waals surface area contributed by atoms with E-state index in [1.165, 1.54) is 0 Å². The Morgan fingerprint density at radius 2 is 1.92 bits per heavy atom. The van der Waals surface area contributed by atoms with Crippen molar-refractivity contribution in [1.29, 1.82) is 0 Å². The van der Waals surface area contributed by atoms with E-state index in [9.17, 15) is 9.59 Å². The molecule has 9 heteroatoms. The number of carbonyl (C=O) groups excluding carboxylic acids is 2. The monoisotopic (exact) mass is 504 g/mol. The van der Waals surface area contributed by atoms with Gasteiger partial charge in [0.2, 0.25) is 5.60 Å². The second-order valence-corrected chi connectivity index (χ2v) is 9.17. The average Bonchev–Trinajstić information content (AvgIpc) is 3.54. The van der Waals surface area contributed by atoms with E-state index in [0.29, 0.717) is 17.2 Å². The molecule has 2 aromatic carbocycles. The Morgan fingerprint density at radius 3 is 2.62 bits per heavy atom. The number of ether oxygens (including phenoxy) is 2. The molecule has 0 radical (unpaired) electrons. The number of hydrogen-bond acceptors (Lipinski definition) is 7. The van der Waals surface area contributed by atoms with Gasteiger partial charge in [-0.2, -0.15) is 5.10 Å². The Morgan fingerprint density at radius 1 is 1.14 bits per heavy atom. The van der Waals surface area contributed by atoms with Gasteiger partial charge in [0.05, 0.1) is 31.7 Å². The summed E-state index contributed by atoms with van der Waals surface area (Å²) in [4.78, 5) is 31.8. The number of hydrogen-bond donors (Lipinski definition) is 1. The molecule has 1 unspecified atom stereocenters. The van der Waals surface area contributed by atoms with Gasteiger partial charge in [-0.25, -0.2) is 4.79 Å². The highest BCUT2D eigenvalue weighted by atomic mass is 16.7. The standard InChI is InChI=1S/C28H32N4O5/c1-5-36-27(34)28(16-20-10-9-13-23(14-20)35-4)17-22(31-37-28)18-29-26(33)25-15-24(30-32(25)19(2)3)21-11-7-6-8-12-21/h6-15,19H,5,16-18H2,1-4H3,(H,29,33). The van der Waals surface area contributed by atoms with E-state index in [2.05, 4.69) is 15.6 Å². The van der Waals surface area contributed by atoms with Gasteiger partial charge in [-0.15, -0.1) is 0 Å². The SMILES string of the molecule is CCOC(=O)C1(Cc2cccc(OC)c2)CC(CNC(=O)c2cc(-c3ccccc3)nn2C(C)C)=NO1. The maximum atomic E-state index is 13.2. The molecule has 0 spiro atoms. The molecule has 0 saturated heterocycles. The smallest absolute Gasteiger partial charge is 0.354 e. The maximum Gasteiger partial charge on any atom is 0.354 e. The molecule has 194 valence electrons. The molecule has 1 aliphatic rings. The molecular formula is C28H32N4O5. The summed E-state index contributed by atoms with van der Waals surface area (Å²) in [6.45, 7) is 6.04. The van der Waals surface area contributed by atoms with Crippen LogP contribution in [-0.4, -0.2) is 53.2 Å². The van der Waals surface area contributed by atoms with Gasteiger partial charge in [-0.05, 0) is 44.5 Å². The van der Waals surface area contributed by atoms with Crippen LogP contribution in [0.15, 0.2) is 65.8 Å². The van der Waals surface area contributed by atoms with Crippen LogP contribution in [0, 0.1) is 0 Å². The highest BCUT2D eigenvalue weighted by Crippen LogP contribution is 2.31. The van der Waals surface area contributed by atoms with Crippen LogP contribution in [-0.2, 0) is 20.8 Å². The molecule has 1 atom stereocenters. The van der Waals surface area contributed by atoms with Gasteiger partial charge < -0.3 is 19.6 Å². The molecule has 4 rings (SSSR count). The molecule has 3 aromatic rings. The minimum atomic E-state index is -1.30. The summed E-state index contributed by atoms with van der Waals surface area (Å²) < 4.78 is 12.3. The van der Waals surface area contributed by atoms with Gasteiger partial charge >= 0.3 is 5.97 Å². The summed E-state index contributed by atoms with van der Waals surface area (Å²) in [5, 5.41) is 11.7. The zero-order valence-electron chi connectivity index (χ0n) is 21.6. The number of nitrogens with zero attached hydrogens (tertiary/aromatic N) is 3. The molecule has 1 aliphatic heterocycles. The number of carbonyl (C=O) groups is 2. The van der Waals surface area contributed by atoms with Crippen LogP contribution in [0.2, 0.25) is 0 Å². The van der Waals surface area contributed by atoms with Gasteiger partial charge in [0.25, 0.3) is 5.91 Å². The predicted octanol–water partition coefficient (Wildman–Crippen LogP) is 4.19. The molecule has 0 aliphatic carbocycles. The first-order chi connectivity index (χ1) is 17.8. The fraction of sp³-hybridized carbons (Fsp3) is 0.357. The Kier molecular flexibility index (Phi) is 7.91. The maximum absolute atomic E-state index is 13.2. The van der Waals surface area contributed by atoms with Crippen LogP contribution in [0.3, 0.4) is 0 Å². The van der Waals surface area contributed by atoms with Crippen LogP contribution >= 0.6 is 0 Å². The fourth-order valence-corrected chi connectivity index (χ4v) is 4.27. The lowest BCUT2D eigenvalue weighted by Crippen LogP contribution is -2.43. The molecule has 1 N–H and O–H groups in total. The topological polar surface area (TPSA) is 104 Å². The number of aromatic nitrogens is 2. The molecule has 2 heterocycles. The Balaban J connectivity index is 1.47. The summed E-state index contributed by atoms with van der Waals surface area (Å²) in [7, 11) is 1.59. The number of oxime groups is 1. The largest absolute Gasteiger partial charge is 0.497 e. The van der Waals surface area contributed by atoms with Crippen molar-refractivity contribution in [2.24, 2.45) is 5.16 Å².